The molecule has 1 amide bonds. The minimum atomic E-state index is -0.499. The fraction of sp³-hybridized carbons (Fsp3) is 0.0769. The van der Waals surface area contributed by atoms with E-state index in [0.717, 1.165) is 6.07 Å². The van der Waals surface area contributed by atoms with Crippen molar-refractivity contribution in [1.29, 1.82) is 0 Å². The predicted molar refractivity (Wildman–Crippen MR) is 78.2 cm³/mol. The summed E-state index contributed by atoms with van der Waals surface area (Å²) >= 11 is 11.8. The molecule has 7 heteroatoms. The van der Waals surface area contributed by atoms with Crippen LogP contribution in [0.2, 0.25) is 10.0 Å². The molecule has 104 valence electrons. The largest absolute Gasteiger partial charge is 0.373 e. The Balaban J connectivity index is 2.30. The molecule has 0 spiro atoms. The Kier molecular flexibility index (Phi) is 4.42. The second kappa shape index (κ2) is 6.07. The summed E-state index contributed by atoms with van der Waals surface area (Å²) in [4.78, 5) is 16.1. The molecule has 2 rings (SSSR count). The molecular formula is C13H10Cl2FN3O. The van der Waals surface area contributed by atoms with Crippen molar-refractivity contribution in [3.8, 4) is 0 Å². The number of anilines is 2. The van der Waals surface area contributed by atoms with Crippen LogP contribution in [0.4, 0.5) is 15.9 Å². The lowest BCUT2D eigenvalue weighted by Crippen LogP contribution is -2.13. The Morgan fingerprint density at radius 3 is 2.70 bits per heavy atom. The summed E-state index contributed by atoms with van der Waals surface area (Å²) in [7, 11) is 1.67. The van der Waals surface area contributed by atoms with Gasteiger partial charge in [0.2, 0.25) is 0 Å². The summed E-state index contributed by atoms with van der Waals surface area (Å²) in [6.45, 7) is 0. The van der Waals surface area contributed by atoms with Gasteiger partial charge in [-0.05, 0) is 24.3 Å². The Morgan fingerprint density at radius 1 is 1.25 bits per heavy atom. The molecule has 0 aliphatic carbocycles. The summed E-state index contributed by atoms with van der Waals surface area (Å²) in [6, 6.07) is 5.19. The quantitative estimate of drug-likeness (QED) is 0.905. The Hall–Kier alpha value is -1.85. The van der Waals surface area contributed by atoms with Gasteiger partial charge in [-0.1, -0.05) is 23.2 Å². The number of halogens is 3. The van der Waals surface area contributed by atoms with E-state index >= 15 is 0 Å². The summed E-state index contributed by atoms with van der Waals surface area (Å²) in [5.74, 6) is -0.507. The normalized spacial score (nSPS) is 10.2. The zero-order valence-electron chi connectivity index (χ0n) is 10.4. The Morgan fingerprint density at radius 2 is 2.00 bits per heavy atom. The van der Waals surface area contributed by atoms with Gasteiger partial charge in [0.25, 0.3) is 5.91 Å². The lowest BCUT2D eigenvalue weighted by atomic mass is 10.2. The number of aromatic nitrogens is 1. The van der Waals surface area contributed by atoms with Gasteiger partial charge in [-0.15, -0.1) is 0 Å². The van der Waals surface area contributed by atoms with Crippen LogP contribution in [0.5, 0.6) is 0 Å². The number of benzene rings is 1. The first-order valence-electron chi connectivity index (χ1n) is 5.61. The molecule has 1 aromatic heterocycles. The highest BCUT2D eigenvalue weighted by Crippen LogP contribution is 2.25. The average Bonchev–Trinajstić information content (AvgIpc) is 2.43. The lowest BCUT2D eigenvalue weighted by molar-refractivity contribution is 0.102. The molecule has 0 saturated carbocycles. The number of amides is 1. The van der Waals surface area contributed by atoms with Crippen molar-refractivity contribution in [2.75, 3.05) is 17.7 Å². The highest BCUT2D eigenvalue weighted by molar-refractivity contribution is 6.35. The summed E-state index contributed by atoms with van der Waals surface area (Å²) < 4.78 is 13.1. The fourth-order valence-corrected chi connectivity index (χ4v) is 1.89. The molecule has 4 nitrogen and oxygen atoms in total. The predicted octanol–water partition coefficient (Wildman–Crippen LogP) is 3.82. The first kappa shape index (κ1) is 14.6. The first-order valence-corrected chi connectivity index (χ1v) is 6.36. The number of rotatable bonds is 3. The SMILES string of the molecule is CNc1cc(C(=O)Nc2cc(F)ccc2Cl)c(Cl)cn1. The number of hydrogen-bond donors (Lipinski definition) is 2. The van der Waals surface area contributed by atoms with Gasteiger partial charge >= 0.3 is 0 Å². The first-order chi connectivity index (χ1) is 9.51. The van der Waals surface area contributed by atoms with Gasteiger partial charge in [-0.3, -0.25) is 4.79 Å². The highest BCUT2D eigenvalue weighted by atomic mass is 35.5. The second-order valence-electron chi connectivity index (χ2n) is 3.88. The molecule has 0 bridgehead atoms. The standard InChI is InChI=1S/C13H10Cl2FN3O/c1-17-12-5-8(10(15)6-18-12)13(20)19-11-4-7(16)2-3-9(11)14/h2-6H,1H3,(H,17,18)(H,19,20). The number of pyridine rings is 1. The monoisotopic (exact) mass is 313 g/mol. The van der Waals surface area contributed by atoms with Gasteiger partial charge in [0, 0.05) is 13.2 Å². The number of nitrogens with zero attached hydrogens (tertiary/aromatic N) is 1. The van der Waals surface area contributed by atoms with Crippen molar-refractivity contribution >= 4 is 40.6 Å². The fourth-order valence-electron chi connectivity index (χ4n) is 1.53. The molecular weight excluding hydrogens is 304 g/mol. The van der Waals surface area contributed by atoms with Crippen LogP contribution in [-0.4, -0.2) is 17.9 Å². The molecule has 0 unspecified atom stereocenters. The minimum absolute atomic E-state index is 0.176. The van der Waals surface area contributed by atoms with Gasteiger partial charge < -0.3 is 10.6 Å². The van der Waals surface area contributed by atoms with Crippen LogP contribution in [0.25, 0.3) is 0 Å². The van der Waals surface area contributed by atoms with Crippen LogP contribution >= 0.6 is 23.2 Å². The van der Waals surface area contributed by atoms with E-state index in [1.54, 1.807) is 7.05 Å². The maximum absolute atomic E-state index is 13.1. The van der Waals surface area contributed by atoms with Crippen LogP contribution in [0.1, 0.15) is 10.4 Å². The van der Waals surface area contributed by atoms with Gasteiger partial charge in [-0.25, -0.2) is 9.37 Å². The van der Waals surface area contributed by atoms with E-state index in [0.29, 0.717) is 5.82 Å². The molecule has 0 radical (unpaired) electrons. The van der Waals surface area contributed by atoms with E-state index in [9.17, 15) is 9.18 Å². The molecule has 0 fully saturated rings. The summed E-state index contributed by atoms with van der Waals surface area (Å²) in [5.41, 5.74) is 0.391. The van der Waals surface area contributed by atoms with E-state index in [1.807, 2.05) is 0 Å². The maximum Gasteiger partial charge on any atom is 0.257 e. The van der Waals surface area contributed by atoms with Crippen molar-refractivity contribution in [2.45, 2.75) is 0 Å². The number of nitrogens with one attached hydrogen (secondary N) is 2. The van der Waals surface area contributed by atoms with Crippen molar-refractivity contribution < 1.29 is 9.18 Å². The van der Waals surface area contributed by atoms with Gasteiger partial charge in [0.15, 0.2) is 0 Å². The zero-order chi connectivity index (χ0) is 14.7. The third-order valence-corrected chi connectivity index (χ3v) is 3.16. The average molecular weight is 314 g/mol. The van der Waals surface area contributed by atoms with Gasteiger partial charge in [0.05, 0.1) is 21.3 Å². The number of hydrogen-bond acceptors (Lipinski definition) is 3. The molecule has 1 heterocycles. The zero-order valence-corrected chi connectivity index (χ0v) is 11.9. The van der Waals surface area contributed by atoms with Crippen molar-refractivity contribution in [1.82, 2.24) is 4.98 Å². The van der Waals surface area contributed by atoms with Crippen LogP contribution < -0.4 is 10.6 Å². The maximum atomic E-state index is 13.1. The molecule has 2 N–H and O–H groups in total. The van der Waals surface area contributed by atoms with Crippen molar-refractivity contribution in [3.05, 3.63) is 51.9 Å². The third-order valence-electron chi connectivity index (χ3n) is 2.53. The molecule has 1 aromatic carbocycles. The van der Waals surface area contributed by atoms with Crippen molar-refractivity contribution in [3.63, 3.8) is 0 Å². The van der Waals surface area contributed by atoms with Crippen LogP contribution in [0.15, 0.2) is 30.5 Å². The topological polar surface area (TPSA) is 54.0 Å². The highest BCUT2D eigenvalue weighted by Gasteiger charge is 2.14. The second-order valence-corrected chi connectivity index (χ2v) is 4.69. The van der Waals surface area contributed by atoms with Gasteiger partial charge in [0.1, 0.15) is 11.6 Å². The third kappa shape index (κ3) is 3.18. The molecule has 0 aliphatic heterocycles. The Bertz CT molecular complexity index is 664. The van der Waals surface area contributed by atoms with Crippen molar-refractivity contribution in [2.24, 2.45) is 0 Å². The van der Waals surface area contributed by atoms with E-state index < -0.39 is 11.7 Å². The van der Waals surface area contributed by atoms with E-state index in [1.165, 1.54) is 24.4 Å². The molecule has 0 saturated heterocycles. The smallest absolute Gasteiger partial charge is 0.257 e. The summed E-state index contributed by atoms with van der Waals surface area (Å²) in [5, 5.41) is 5.73. The Labute approximate surface area is 124 Å². The lowest BCUT2D eigenvalue weighted by Gasteiger charge is -2.09. The van der Waals surface area contributed by atoms with E-state index in [-0.39, 0.29) is 21.3 Å². The summed E-state index contributed by atoms with van der Waals surface area (Å²) in [6.07, 6.45) is 1.36. The van der Waals surface area contributed by atoms with E-state index in [4.69, 9.17) is 23.2 Å². The number of carbonyl (C=O) groups is 1. The molecule has 20 heavy (non-hydrogen) atoms. The van der Waals surface area contributed by atoms with Crippen LogP contribution in [0, 0.1) is 5.82 Å². The van der Waals surface area contributed by atoms with Crippen LogP contribution in [0.3, 0.4) is 0 Å². The molecule has 0 atom stereocenters. The minimum Gasteiger partial charge on any atom is -0.373 e. The number of carbonyl (C=O) groups excluding carboxylic acids is 1. The molecule has 0 aliphatic rings. The van der Waals surface area contributed by atoms with Crippen LogP contribution in [-0.2, 0) is 0 Å². The molecule has 2 aromatic rings. The van der Waals surface area contributed by atoms with E-state index in [2.05, 4.69) is 15.6 Å². The van der Waals surface area contributed by atoms with Gasteiger partial charge in [-0.2, -0.15) is 0 Å².